The van der Waals surface area contributed by atoms with Gasteiger partial charge in [-0.05, 0) is 43.0 Å². The van der Waals surface area contributed by atoms with Crippen molar-refractivity contribution < 1.29 is 9.53 Å². The Morgan fingerprint density at radius 3 is 2.62 bits per heavy atom. The molecule has 0 saturated carbocycles. The molecule has 2 N–H and O–H groups in total. The first-order valence-electron chi connectivity index (χ1n) is 9.15. The number of nitrogens with zero attached hydrogens (tertiary/aromatic N) is 1. The number of hydrogen-bond donors (Lipinski definition) is 2. The van der Waals surface area contributed by atoms with Gasteiger partial charge in [-0.1, -0.05) is 24.3 Å². The van der Waals surface area contributed by atoms with Crippen LogP contribution in [0.5, 0.6) is 0 Å². The van der Waals surface area contributed by atoms with Crippen LogP contribution in [-0.2, 0) is 22.6 Å². The van der Waals surface area contributed by atoms with Crippen LogP contribution in [0.3, 0.4) is 0 Å². The van der Waals surface area contributed by atoms with Crippen molar-refractivity contribution in [3.63, 3.8) is 0 Å². The standard InChI is InChI=1S/C19H29N3O2.2ClH/c23-19(6-5-16-7-8-20-13-16)21-14-17-3-1-2-4-18(17)15-22-9-11-24-12-10-22;;/h1-4,16,20H,5-15H2,(H,21,23);2*1H. The summed E-state index contributed by atoms with van der Waals surface area (Å²) in [4.78, 5) is 14.5. The smallest absolute Gasteiger partial charge is 0.220 e. The minimum Gasteiger partial charge on any atom is -0.379 e. The summed E-state index contributed by atoms with van der Waals surface area (Å²) >= 11 is 0. The Morgan fingerprint density at radius 1 is 1.19 bits per heavy atom. The normalized spacial score (nSPS) is 20.1. The van der Waals surface area contributed by atoms with Gasteiger partial charge in [0.15, 0.2) is 0 Å². The van der Waals surface area contributed by atoms with Gasteiger partial charge in [-0.15, -0.1) is 24.8 Å². The minimum atomic E-state index is 0. The second kappa shape index (κ2) is 12.5. The molecule has 0 radical (unpaired) electrons. The van der Waals surface area contributed by atoms with Crippen LogP contribution in [0.2, 0.25) is 0 Å². The second-order valence-corrected chi connectivity index (χ2v) is 6.83. The van der Waals surface area contributed by atoms with E-state index in [0.717, 1.165) is 52.4 Å². The van der Waals surface area contributed by atoms with Crippen molar-refractivity contribution in [1.29, 1.82) is 0 Å². The number of morpholine rings is 1. The average Bonchev–Trinajstić information content (AvgIpc) is 3.14. The monoisotopic (exact) mass is 403 g/mol. The van der Waals surface area contributed by atoms with Crippen LogP contribution >= 0.6 is 24.8 Å². The number of benzene rings is 1. The first kappa shape index (κ1) is 23.2. The molecular formula is C19H31Cl2N3O2. The summed E-state index contributed by atoms with van der Waals surface area (Å²) in [6.07, 6.45) is 2.84. The maximum Gasteiger partial charge on any atom is 0.220 e. The molecule has 2 heterocycles. The molecule has 2 fully saturated rings. The van der Waals surface area contributed by atoms with E-state index in [1.165, 1.54) is 17.5 Å². The quantitative estimate of drug-likeness (QED) is 0.733. The molecule has 3 rings (SSSR count). The number of carbonyl (C=O) groups is 1. The molecule has 0 aromatic heterocycles. The van der Waals surface area contributed by atoms with E-state index in [2.05, 4.69) is 39.8 Å². The fraction of sp³-hybridized carbons (Fsp3) is 0.632. The molecule has 5 nitrogen and oxygen atoms in total. The zero-order chi connectivity index (χ0) is 16.6. The topological polar surface area (TPSA) is 53.6 Å². The predicted octanol–water partition coefficient (Wildman–Crippen LogP) is 2.37. The van der Waals surface area contributed by atoms with Gasteiger partial charge < -0.3 is 15.4 Å². The number of ether oxygens (including phenoxy) is 1. The van der Waals surface area contributed by atoms with Gasteiger partial charge in [0.1, 0.15) is 0 Å². The minimum absolute atomic E-state index is 0. The highest BCUT2D eigenvalue weighted by Crippen LogP contribution is 2.15. The van der Waals surface area contributed by atoms with Gasteiger partial charge in [0.2, 0.25) is 5.91 Å². The molecule has 0 spiro atoms. The highest BCUT2D eigenvalue weighted by molar-refractivity contribution is 5.85. The third-order valence-corrected chi connectivity index (χ3v) is 5.03. The first-order chi connectivity index (χ1) is 11.8. The number of halogens is 2. The van der Waals surface area contributed by atoms with Gasteiger partial charge in [-0.25, -0.2) is 0 Å². The van der Waals surface area contributed by atoms with Crippen LogP contribution < -0.4 is 10.6 Å². The lowest BCUT2D eigenvalue weighted by Crippen LogP contribution is -2.36. The fourth-order valence-electron chi connectivity index (χ4n) is 3.46. The summed E-state index contributed by atoms with van der Waals surface area (Å²) in [7, 11) is 0. The van der Waals surface area contributed by atoms with Gasteiger partial charge in [-0.2, -0.15) is 0 Å². The van der Waals surface area contributed by atoms with E-state index in [9.17, 15) is 4.79 Å². The van der Waals surface area contributed by atoms with Crippen molar-refractivity contribution in [3.05, 3.63) is 35.4 Å². The molecular weight excluding hydrogens is 373 g/mol. The van der Waals surface area contributed by atoms with Crippen molar-refractivity contribution >= 4 is 30.7 Å². The highest BCUT2D eigenvalue weighted by atomic mass is 35.5. The van der Waals surface area contributed by atoms with Crippen molar-refractivity contribution in [2.45, 2.75) is 32.4 Å². The Morgan fingerprint density at radius 2 is 1.92 bits per heavy atom. The van der Waals surface area contributed by atoms with E-state index >= 15 is 0 Å². The van der Waals surface area contributed by atoms with Crippen LogP contribution in [-0.4, -0.2) is 50.2 Å². The SMILES string of the molecule is Cl.Cl.O=C(CCC1CCNC1)NCc1ccccc1CN1CCOCC1. The lowest BCUT2D eigenvalue weighted by atomic mass is 10.0. The molecule has 2 aliphatic heterocycles. The van der Waals surface area contributed by atoms with Gasteiger partial charge in [0.05, 0.1) is 13.2 Å². The number of nitrogens with one attached hydrogen (secondary N) is 2. The largest absolute Gasteiger partial charge is 0.379 e. The fourth-order valence-corrected chi connectivity index (χ4v) is 3.46. The van der Waals surface area contributed by atoms with Crippen LogP contribution in [0.25, 0.3) is 0 Å². The summed E-state index contributed by atoms with van der Waals surface area (Å²) in [6.45, 7) is 7.32. The molecule has 2 saturated heterocycles. The summed E-state index contributed by atoms with van der Waals surface area (Å²) in [5.41, 5.74) is 2.53. The second-order valence-electron chi connectivity index (χ2n) is 6.83. The lowest BCUT2D eigenvalue weighted by molar-refractivity contribution is -0.121. The third kappa shape index (κ3) is 7.41. The molecule has 2 aliphatic rings. The lowest BCUT2D eigenvalue weighted by Gasteiger charge is -2.27. The van der Waals surface area contributed by atoms with Crippen LogP contribution in [0.15, 0.2) is 24.3 Å². The predicted molar refractivity (Wildman–Crippen MR) is 109 cm³/mol. The maximum atomic E-state index is 12.1. The number of rotatable bonds is 7. The summed E-state index contributed by atoms with van der Waals surface area (Å²) in [5.74, 6) is 0.840. The van der Waals surface area contributed by atoms with Gasteiger partial charge in [0.25, 0.3) is 0 Å². The molecule has 0 bridgehead atoms. The third-order valence-electron chi connectivity index (χ3n) is 5.03. The van der Waals surface area contributed by atoms with Crippen molar-refractivity contribution in [1.82, 2.24) is 15.5 Å². The molecule has 1 aromatic rings. The Balaban J connectivity index is 0.00000169. The Bertz CT molecular complexity index is 533. The van der Waals surface area contributed by atoms with Crippen molar-refractivity contribution in [3.8, 4) is 0 Å². The van der Waals surface area contributed by atoms with E-state index in [0.29, 0.717) is 18.9 Å². The molecule has 1 amide bonds. The summed E-state index contributed by atoms with van der Waals surface area (Å²) in [5, 5.41) is 6.45. The zero-order valence-corrected chi connectivity index (χ0v) is 16.9. The Kier molecular flexibility index (Phi) is 11.2. The van der Waals surface area contributed by atoms with E-state index in [1.807, 2.05) is 0 Å². The molecule has 1 aromatic carbocycles. The average molecular weight is 404 g/mol. The first-order valence-corrected chi connectivity index (χ1v) is 9.15. The van der Waals surface area contributed by atoms with Crippen molar-refractivity contribution in [2.24, 2.45) is 5.92 Å². The Labute approximate surface area is 169 Å². The van der Waals surface area contributed by atoms with Gasteiger partial charge >= 0.3 is 0 Å². The van der Waals surface area contributed by atoms with Crippen LogP contribution in [0.4, 0.5) is 0 Å². The molecule has 0 aliphatic carbocycles. The molecule has 7 heteroatoms. The van der Waals surface area contributed by atoms with E-state index in [4.69, 9.17) is 4.74 Å². The zero-order valence-electron chi connectivity index (χ0n) is 15.2. The molecule has 1 unspecified atom stereocenters. The number of hydrogen-bond acceptors (Lipinski definition) is 4. The van der Waals surface area contributed by atoms with Gasteiger partial charge in [0, 0.05) is 32.6 Å². The molecule has 26 heavy (non-hydrogen) atoms. The summed E-state index contributed by atoms with van der Waals surface area (Å²) < 4.78 is 5.41. The highest BCUT2D eigenvalue weighted by Gasteiger charge is 2.16. The van der Waals surface area contributed by atoms with Crippen LogP contribution in [0.1, 0.15) is 30.4 Å². The molecule has 1 atom stereocenters. The number of amides is 1. The Hall–Kier alpha value is -0.850. The van der Waals surface area contributed by atoms with E-state index in [-0.39, 0.29) is 30.7 Å². The maximum absolute atomic E-state index is 12.1. The number of carbonyl (C=O) groups excluding carboxylic acids is 1. The van der Waals surface area contributed by atoms with E-state index in [1.54, 1.807) is 0 Å². The van der Waals surface area contributed by atoms with E-state index < -0.39 is 0 Å². The van der Waals surface area contributed by atoms with Crippen LogP contribution in [0, 0.1) is 5.92 Å². The molecule has 148 valence electrons. The van der Waals surface area contributed by atoms with Gasteiger partial charge in [-0.3, -0.25) is 9.69 Å². The van der Waals surface area contributed by atoms with Crippen molar-refractivity contribution in [2.75, 3.05) is 39.4 Å². The summed E-state index contributed by atoms with van der Waals surface area (Å²) in [6, 6.07) is 8.42.